The van der Waals surface area contributed by atoms with Gasteiger partial charge in [0.15, 0.2) is 0 Å². The van der Waals surface area contributed by atoms with E-state index in [1.165, 1.54) is 107 Å². The Morgan fingerprint density at radius 3 is 0.872 bits per heavy atom. The third-order valence-electron chi connectivity index (χ3n) is 8.71. The van der Waals surface area contributed by atoms with Gasteiger partial charge in [-0.25, -0.2) is 0 Å². The van der Waals surface area contributed by atoms with E-state index >= 15 is 0 Å². The lowest BCUT2D eigenvalue weighted by Crippen LogP contribution is -2.11. The normalized spacial score (nSPS) is 11.8. The predicted molar refractivity (Wildman–Crippen MR) is 181 cm³/mol. The van der Waals surface area contributed by atoms with E-state index in [9.17, 15) is 0 Å². The topological polar surface area (TPSA) is 0 Å². The number of fused-ring (bicyclic) bond motifs is 2. The van der Waals surface area contributed by atoms with Gasteiger partial charge >= 0.3 is 0 Å². The van der Waals surface area contributed by atoms with Crippen LogP contribution in [0.1, 0.15) is 151 Å². The molecule has 0 spiro atoms. The summed E-state index contributed by atoms with van der Waals surface area (Å²) in [7, 11) is 0. The van der Waals surface area contributed by atoms with E-state index in [0.717, 1.165) is 0 Å². The molecule has 0 aliphatic heterocycles. The maximum absolute atomic E-state index is 4.39. The highest BCUT2D eigenvalue weighted by Crippen LogP contribution is 2.46. The van der Waals surface area contributed by atoms with Crippen LogP contribution in [0.25, 0.3) is 21.5 Å². The fourth-order valence-electron chi connectivity index (χ4n) is 7.40. The highest BCUT2D eigenvalue weighted by Gasteiger charge is 2.25. The SMILES string of the molecule is CCCc1c(CCC)c(CCC)c2c(Br)c3c(CCC)c(CCC)c(CCC)c(CCC)c3cc2c1CCC. The molecule has 216 valence electrons. The van der Waals surface area contributed by atoms with E-state index in [-0.39, 0.29) is 0 Å². The molecule has 3 rings (SSSR count). The maximum Gasteiger partial charge on any atom is 0.0338 e. The lowest BCUT2D eigenvalue weighted by molar-refractivity contribution is 0.808. The second-order valence-corrected chi connectivity index (χ2v) is 12.7. The van der Waals surface area contributed by atoms with Gasteiger partial charge in [0.05, 0.1) is 0 Å². The Balaban J connectivity index is 2.73. The molecule has 0 aliphatic rings. The largest absolute Gasteiger partial charge is 0.0651 e. The highest BCUT2D eigenvalue weighted by atomic mass is 79.9. The Morgan fingerprint density at radius 1 is 0.359 bits per heavy atom. The first-order valence-corrected chi connectivity index (χ1v) is 17.5. The van der Waals surface area contributed by atoms with Gasteiger partial charge in [-0.15, -0.1) is 0 Å². The van der Waals surface area contributed by atoms with Gasteiger partial charge in [-0.05, 0) is 129 Å². The fourth-order valence-corrected chi connectivity index (χ4v) is 8.31. The van der Waals surface area contributed by atoms with Crippen LogP contribution in [-0.2, 0) is 51.4 Å². The average molecular weight is 594 g/mol. The van der Waals surface area contributed by atoms with Crippen LogP contribution in [0.3, 0.4) is 0 Å². The van der Waals surface area contributed by atoms with Crippen molar-refractivity contribution in [2.75, 3.05) is 0 Å². The van der Waals surface area contributed by atoms with Crippen LogP contribution in [0.2, 0.25) is 0 Å². The molecule has 0 N–H and O–H groups in total. The highest BCUT2D eigenvalue weighted by molar-refractivity contribution is 9.10. The molecule has 3 aromatic rings. The van der Waals surface area contributed by atoms with E-state index in [1.807, 2.05) is 0 Å². The first-order chi connectivity index (χ1) is 19.0. The smallest absolute Gasteiger partial charge is 0.0338 e. The standard InChI is InChI=1S/C38H57Br/c1-9-17-26-28(19-11-3)32(23-15-7)36-34(30(26)21-13-5)25-35-31(22-14-6)27(18-10-2)29(20-12-4)33(24-16-8)37(35)38(36)39/h25H,9-24H2,1-8H3. The zero-order valence-corrected chi connectivity index (χ0v) is 28.4. The third kappa shape index (κ3) is 6.45. The Labute approximate surface area is 249 Å². The first kappa shape index (κ1) is 32.2. The minimum absolute atomic E-state index is 1.18. The van der Waals surface area contributed by atoms with E-state index < -0.39 is 0 Å². The van der Waals surface area contributed by atoms with Crippen LogP contribution >= 0.6 is 15.9 Å². The second kappa shape index (κ2) is 15.6. The fraction of sp³-hybridized carbons (Fsp3) is 0.632. The molecule has 3 aromatic carbocycles. The van der Waals surface area contributed by atoms with Crippen LogP contribution in [0, 0.1) is 0 Å². The maximum atomic E-state index is 4.39. The van der Waals surface area contributed by atoms with Gasteiger partial charge in [-0.1, -0.05) is 107 Å². The number of rotatable bonds is 16. The summed E-state index contributed by atoms with van der Waals surface area (Å²) in [5, 5.41) is 6.24. The van der Waals surface area contributed by atoms with Crippen LogP contribution < -0.4 is 0 Å². The molecule has 0 aromatic heterocycles. The molecular weight excluding hydrogens is 536 g/mol. The summed E-state index contributed by atoms with van der Waals surface area (Å²) in [6, 6.07) is 2.70. The molecule has 0 saturated heterocycles. The number of aryl methyl sites for hydroxylation is 4. The molecule has 0 heterocycles. The Kier molecular flexibility index (Phi) is 12.9. The van der Waals surface area contributed by atoms with Crippen LogP contribution in [0.5, 0.6) is 0 Å². The Bertz CT molecular complexity index is 1150. The van der Waals surface area contributed by atoms with Gasteiger partial charge in [0.25, 0.3) is 0 Å². The van der Waals surface area contributed by atoms with Crippen molar-refractivity contribution in [1.82, 2.24) is 0 Å². The van der Waals surface area contributed by atoms with Crippen molar-refractivity contribution in [3.8, 4) is 0 Å². The molecule has 0 aliphatic carbocycles. The van der Waals surface area contributed by atoms with Crippen molar-refractivity contribution < 1.29 is 0 Å². The summed E-state index contributed by atoms with van der Waals surface area (Å²) in [4.78, 5) is 0. The van der Waals surface area contributed by atoms with Crippen molar-refractivity contribution in [3.05, 3.63) is 55.0 Å². The molecule has 39 heavy (non-hydrogen) atoms. The first-order valence-electron chi connectivity index (χ1n) is 16.8. The van der Waals surface area contributed by atoms with Gasteiger partial charge in [0, 0.05) is 15.2 Å². The van der Waals surface area contributed by atoms with Crippen molar-refractivity contribution in [1.29, 1.82) is 0 Å². The van der Waals surface area contributed by atoms with E-state index in [2.05, 4.69) is 77.4 Å². The molecule has 0 bridgehead atoms. The minimum Gasteiger partial charge on any atom is -0.0651 e. The van der Waals surface area contributed by atoms with Crippen LogP contribution in [0.15, 0.2) is 10.5 Å². The minimum atomic E-state index is 1.18. The molecule has 0 amide bonds. The summed E-state index contributed by atoms with van der Waals surface area (Å²) in [5.74, 6) is 0. The van der Waals surface area contributed by atoms with Gasteiger partial charge in [-0.3, -0.25) is 0 Å². The quantitative estimate of drug-likeness (QED) is 0.145. The summed E-state index contributed by atoms with van der Waals surface area (Å²) >= 11 is 4.39. The summed E-state index contributed by atoms with van der Waals surface area (Å²) in [5.41, 5.74) is 13.4. The monoisotopic (exact) mass is 592 g/mol. The zero-order chi connectivity index (χ0) is 28.5. The number of hydrogen-bond acceptors (Lipinski definition) is 0. The van der Waals surface area contributed by atoms with Crippen molar-refractivity contribution in [2.45, 2.75) is 158 Å². The lowest BCUT2D eigenvalue weighted by Gasteiger charge is -2.27. The summed E-state index contributed by atoms with van der Waals surface area (Å²) < 4.78 is 1.41. The van der Waals surface area contributed by atoms with Gasteiger partial charge in [0.1, 0.15) is 0 Å². The van der Waals surface area contributed by atoms with Crippen molar-refractivity contribution >= 4 is 37.5 Å². The molecule has 0 radical (unpaired) electrons. The number of benzene rings is 3. The van der Waals surface area contributed by atoms with Crippen LogP contribution in [0.4, 0.5) is 0 Å². The Hall–Kier alpha value is -1.34. The van der Waals surface area contributed by atoms with Gasteiger partial charge in [-0.2, -0.15) is 0 Å². The second-order valence-electron chi connectivity index (χ2n) is 11.9. The molecular formula is C38H57Br. The van der Waals surface area contributed by atoms with Crippen molar-refractivity contribution in [3.63, 3.8) is 0 Å². The molecule has 0 fully saturated rings. The molecule has 1 heteroatoms. The summed E-state index contributed by atoms with van der Waals surface area (Å²) in [6.45, 7) is 19.0. The van der Waals surface area contributed by atoms with E-state index in [0.29, 0.717) is 0 Å². The van der Waals surface area contributed by atoms with E-state index in [4.69, 9.17) is 0 Å². The number of halogens is 1. The average Bonchev–Trinajstić information content (AvgIpc) is 2.92. The molecule has 0 atom stereocenters. The predicted octanol–water partition coefficient (Wildman–Crippen LogP) is 12.4. The van der Waals surface area contributed by atoms with E-state index in [1.54, 1.807) is 66.1 Å². The third-order valence-corrected chi connectivity index (χ3v) is 9.50. The van der Waals surface area contributed by atoms with Crippen LogP contribution in [-0.4, -0.2) is 0 Å². The summed E-state index contributed by atoms with van der Waals surface area (Å²) in [6.07, 6.45) is 19.3. The lowest BCUT2D eigenvalue weighted by atomic mass is 9.78. The number of hydrogen-bond donors (Lipinski definition) is 0. The zero-order valence-electron chi connectivity index (χ0n) is 26.8. The van der Waals surface area contributed by atoms with Gasteiger partial charge < -0.3 is 0 Å². The molecule has 0 saturated carbocycles. The van der Waals surface area contributed by atoms with Gasteiger partial charge in [0.2, 0.25) is 0 Å². The van der Waals surface area contributed by atoms with Crippen molar-refractivity contribution in [2.24, 2.45) is 0 Å². The molecule has 0 nitrogen and oxygen atoms in total. The molecule has 0 unspecified atom stereocenters. The Morgan fingerprint density at radius 2 is 0.590 bits per heavy atom.